The van der Waals surface area contributed by atoms with Crippen LogP contribution in [0.2, 0.25) is 0 Å². The van der Waals surface area contributed by atoms with E-state index in [0.29, 0.717) is 18.3 Å². The third-order valence-corrected chi connectivity index (χ3v) is 3.38. The van der Waals surface area contributed by atoms with Crippen molar-refractivity contribution >= 4 is 5.65 Å². The van der Waals surface area contributed by atoms with Crippen LogP contribution >= 0.6 is 0 Å². The maximum absolute atomic E-state index is 12.0. The molecule has 0 radical (unpaired) electrons. The van der Waals surface area contributed by atoms with Gasteiger partial charge in [-0.05, 0) is 25.0 Å². The fourth-order valence-electron chi connectivity index (χ4n) is 2.37. The Balaban J connectivity index is 1.56. The number of ether oxygens (including phenoxy) is 1. The zero-order valence-corrected chi connectivity index (χ0v) is 10.8. The van der Waals surface area contributed by atoms with Gasteiger partial charge in [0.15, 0.2) is 5.65 Å². The summed E-state index contributed by atoms with van der Waals surface area (Å²) in [4.78, 5) is 12.0. The SMILES string of the molecule is O=c1n(CCNCC2CCCO2)nc2ccccn12. The minimum absolute atomic E-state index is 0.0884. The van der Waals surface area contributed by atoms with Crippen molar-refractivity contribution in [2.45, 2.75) is 25.5 Å². The summed E-state index contributed by atoms with van der Waals surface area (Å²) in [6.07, 6.45) is 4.35. The fourth-order valence-corrected chi connectivity index (χ4v) is 2.37. The Labute approximate surface area is 111 Å². The highest BCUT2D eigenvalue weighted by Crippen LogP contribution is 2.10. The molecule has 102 valence electrons. The molecular formula is C13H18N4O2. The molecule has 1 aliphatic heterocycles. The van der Waals surface area contributed by atoms with E-state index in [4.69, 9.17) is 4.74 Å². The first kappa shape index (κ1) is 12.4. The van der Waals surface area contributed by atoms with Crippen molar-refractivity contribution in [2.75, 3.05) is 19.7 Å². The number of nitrogens with one attached hydrogen (secondary N) is 1. The van der Waals surface area contributed by atoms with Crippen LogP contribution in [0.3, 0.4) is 0 Å². The molecule has 1 atom stereocenters. The Morgan fingerprint density at radius 1 is 1.47 bits per heavy atom. The van der Waals surface area contributed by atoms with Crippen molar-refractivity contribution in [3.8, 4) is 0 Å². The Morgan fingerprint density at radius 2 is 2.42 bits per heavy atom. The Hall–Kier alpha value is -1.66. The van der Waals surface area contributed by atoms with Gasteiger partial charge in [-0.2, -0.15) is 0 Å². The molecular weight excluding hydrogens is 244 g/mol. The van der Waals surface area contributed by atoms with Crippen molar-refractivity contribution in [2.24, 2.45) is 0 Å². The van der Waals surface area contributed by atoms with Gasteiger partial charge in [0.1, 0.15) is 0 Å². The van der Waals surface area contributed by atoms with Gasteiger partial charge in [-0.15, -0.1) is 5.10 Å². The number of pyridine rings is 1. The predicted molar refractivity (Wildman–Crippen MR) is 71.3 cm³/mol. The van der Waals surface area contributed by atoms with Gasteiger partial charge < -0.3 is 10.1 Å². The van der Waals surface area contributed by atoms with E-state index in [1.807, 2.05) is 18.2 Å². The normalized spacial score (nSPS) is 19.3. The largest absolute Gasteiger partial charge is 0.377 e. The highest BCUT2D eigenvalue weighted by molar-refractivity contribution is 5.35. The number of fused-ring (bicyclic) bond motifs is 1. The van der Waals surface area contributed by atoms with Crippen molar-refractivity contribution in [3.63, 3.8) is 0 Å². The molecule has 2 aromatic rings. The van der Waals surface area contributed by atoms with Gasteiger partial charge in [0, 0.05) is 25.9 Å². The van der Waals surface area contributed by atoms with Crippen LogP contribution in [0.5, 0.6) is 0 Å². The molecule has 1 unspecified atom stereocenters. The standard InChI is InChI=1S/C13H18N4O2/c18-13-16-7-2-1-5-12(16)15-17(13)8-6-14-10-11-4-3-9-19-11/h1-2,5,7,11,14H,3-4,6,8-10H2. The number of nitrogens with zero attached hydrogens (tertiary/aromatic N) is 3. The summed E-state index contributed by atoms with van der Waals surface area (Å²) in [5.41, 5.74) is 0.598. The molecule has 0 bridgehead atoms. The number of hydrogen-bond donors (Lipinski definition) is 1. The van der Waals surface area contributed by atoms with Crippen LogP contribution in [0, 0.1) is 0 Å². The Morgan fingerprint density at radius 3 is 3.21 bits per heavy atom. The molecule has 1 fully saturated rings. The Bertz CT molecular complexity index is 598. The van der Waals surface area contributed by atoms with E-state index in [9.17, 15) is 4.79 Å². The summed E-state index contributed by atoms with van der Waals surface area (Å²) in [6, 6.07) is 5.54. The van der Waals surface area contributed by atoms with E-state index < -0.39 is 0 Å². The van der Waals surface area contributed by atoms with Crippen molar-refractivity contribution < 1.29 is 4.74 Å². The molecule has 1 aliphatic rings. The highest BCUT2D eigenvalue weighted by Gasteiger charge is 2.14. The van der Waals surface area contributed by atoms with Gasteiger partial charge >= 0.3 is 5.69 Å². The van der Waals surface area contributed by atoms with Crippen molar-refractivity contribution in [1.29, 1.82) is 0 Å². The second kappa shape index (κ2) is 5.54. The molecule has 0 aliphatic carbocycles. The maximum Gasteiger partial charge on any atom is 0.350 e. The van der Waals surface area contributed by atoms with Gasteiger partial charge in [0.05, 0.1) is 12.6 Å². The van der Waals surface area contributed by atoms with Crippen LogP contribution in [0.4, 0.5) is 0 Å². The number of aromatic nitrogens is 3. The average molecular weight is 262 g/mol. The van der Waals surface area contributed by atoms with Crippen LogP contribution in [0.15, 0.2) is 29.2 Å². The molecule has 1 N–H and O–H groups in total. The molecule has 3 heterocycles. The second-order valence-corrected chi connectivity index (χ2v) is 4.77. The molecule has 0 saturated carbocycles. The summed E-state index contributed by atoms with van der Waals surface area (Å²) in [5, 5.41) is 7.59. The van der Waals surface area contributed by atoms with E-state index in [1.165, 1.54) is 4.68 Å². The van der Waals surface area contributed by atoms with Gasteiger partial charge in [-0.1, -0.05) is 6.07 Å². The van der Waals surface area contributed by atoms with Crippen molar-refractivity contribution in [3.05, 3.63) is 34.9 Å². The summed E-state index contributed by atoms with van der Waals surface area (Å²) < 4.78 is 8.58. The molecule has 6 heteroatoms. The summed E-state index contributed by atoms with van der Waals surface area (Å²) in [6.45, 7) is 3.03. The zero-order chi connectivity index (χ0) is 13.1. The maximum atomic E-state index is 12.0. The van der Waals surface area contributed by atoms with E-state index in [-0.39, 0.29) is 5.69 Å². The summed E-state index contributed by atoms with van der Waals surface area (Å²) >= 11 is 0. The highest BCUT2D eigenvalue weighted by atomic mass is 16.5. The van der Waals surface area contributed by atoms with Gasteiger partial charge in [-0.25, -0.2) is 9.48 Å². The van der Waals surface area contributed by atoms with Crippen LogP contribution in [0.25, 0.3) is 5.65 Å². The van der Waals surface area contributed by atoms with Crippen LogP contribution in [-0.4, -0.2) is 40.0 Å². The predicted octanol–water partition coefficient (Wildman–Crippen LogP) is 0.265. The molecule has 1 saturated heterocycles. The quantitative estimate of drug-likeness (QED) is 0.785. The first-order valence-corrected chi connectivity index (χ1v) is 6.71. The van der Waals surface area contributed by atoms with E-state index >= 15 is 0 Å². The molecule has 0 amide bonds. The summed E-state index contributed by atoms with van der Waals surface area (Å²) in [5.74, 6) is 0. The molecule has 0 aromatic carbocycles. The number of rotatable bonds is 5. The monoisotopic (exact) mass is 262 g/mol. The molecule has 6 nitrogen and oxygen atoms in total. The third-order valence-electron chi connectivity index (χ3n) is 3.38. The third kappa shape index (κ3) is 2.69. The topological polar surface area (TPSA) is 60.6 Å². The minimum atomic E-state index is -0.0884. The fraction of sp³-hybridized carbons (Fsp3) is 0.538. The van der Waals surface area contributed by atoms with E-state index in [1.54, 1.807) is 10.6 Å². The van der Waals surface area contributed by atoms with Crippen LogP contribution < -0.4 is 11.0 Å². The first-order chi connectivity index (χ1) is 9.34. The van der Waals surface area contributed by atoms with Crippen molar-refractivity contribution in [1.82, 2.24) is 19.5 Å². The molecule has 0 spiro atoms. The van der Waals surface area contributed by atoms with Gasteiger partial charge in [0.25, 0.3) is 0 Å². The Kier molecular flexibility index (Phi) is 3.61. The lowest BCUT2D eigenvalue weighted by Gasteiger charge is -2.09. The summed E-state index contributed by atoms with van der Waals surface area (Å²) in [7, 11) is 0. The lowest BCUT2D eigenvalue weighted by atomic mass is 10.2. The van der Waals surface area contributed by atoms with Gasteiger partial charge in [-0.3, -0.25) is 4.40 Å². The van der Waals surface area contributed by atoms with E-state index in [2.05, 4.69) is 10.4 Å². The second-order valence-electron chi connectivity index (χ2n) is 4.77. The lowest BCUT2D eigenvalue weighted by molar-refractivity contribution is 0.110. The molecule has 3 rings (SSSR count). The number of hydrogen-bond acceptors (Lipinski definition) is 4. The van der Waals surface area contributed by atoms with Crippen LogP contribution in [0.1, 0.15) is 12.8 Å². The first-order valence-electron chi connectivity index (χ1n) is 6.71. The molecule has 2 aromatic heterocycles. The average Bonchev–Trinajstić information content (AvgIpc) is 3.04. The minimum Gasteiger partial charge on any atom is -0.377 e. The smallest absolute Gasteiger partial charge is 0.350 e. The van der Waals surface area contributed by atoms with E-state index in [0.717, 1.165) is 32.5 Å². The van der Waals surface area contributed by atoms with Gasteiger partial charge in [0.2, 0.25) is 0 Å². The lowest BCUT2D eigenvalue weighted by Crippen LogP contribution is -2.32. The zero-order valence-electron chi connectivity index (χ0n) is 10.8. The molecule has 19 heavy (non-hydrogen) atoms. The van der Waals surface area contributed by atoms with Crippen LogP contribution in [-0.2, 0) is 11.3 Å².